The molecule has 1 saturated heterocycles. The molecule has 2 atom stereocenters. The number of nitrogens with one attached hydrogen (secondary N) is 2. The maximum Gasteiger partial charge on any atom is 0.317 e. The Kier molecular flexibility index (Phi) is 5.93. The molecule has 1 aromatic heterocycles. The van der Waals surface area contributed by atoms with Crippen LogP contribution in [0.5, 0.6) is 0 Å². The molecule has 0 aromatic carbocycles. The minimum absolute atomic E-state index is 0.0148. The van der Waals surface area contributed by atoms with Crippen molar-refractivity contribution in [2.75, 3.05) is 26.7 Å². The average molecular weight is 349 g/mol. The van der Waals surface area contributed by atoms with Crippen LogP contribution in [0.1, 0.15) is 56.6 Å². The van der Waals surface area contributed by atoms with Crippen LogP contribution < -0.4 is 5.32 Å². The van der Waals surface area contributed by atoms with Gasteiger partial charge in [0, 0.05) is 26.7 Å². The number of carbonyl (C=O) groups is 1. The first-order valence-corrected chi connectivity index (χ1v) is 9.52. The van der Waals surface area contributed by atoms with Gasteiger partial charge in [0.2, 0.25) is 0 Å². The van der Waals surface area contributed by atoms with E-state index in [1.54, 1.807) is 4.90 Å². The second kappa shape index (κ2) is 8.17. The molecular formula is C18H31N5O2. The number of likely N-dealkylation sites (N-methyl/N-ethyl adjacent to an activating group) is 1. The van der Waals surface area contributed by atoms with E-state index in [9.17, 15) is 4.79 Å². The van der Waals surface area contributed by atoms with Crippen molar-refractivity contribution < 1.29 is 9.53 Å². The van der Waals surface area contributed by atoms with Crippen LogP contribution in [0.3, 0.4) is 0 Å². The zero-order valence-corrected chi connectivity index (χ0v) is 15.6. The molecule has 2 amide bonds. The number of urea groups is 1. The van der Waals surface area contributed by atoms with Crippen LogP contribution in [-0.4, -0.2) is 59.0 Å². The zero-order valence-electron chi connectivity index (χ0n) is 15.6. The fraction of sp³-hybridized carbons (Fsp3) is 0.833. The predicted octanol–water partition coefficient (Wildman–Crippen LogP) is 2.45. The van der Waals surface area contributed by atoms with E-state index in [-0.39, 0.29) is 18.1 Å². The maximum atomic E-state index is 12.4. The molecule has 0 unspecified atom stereocenters. The van der Waals surface area contributed by atoms with Crippen LogP contribution in [0.4, 0.5) is 4.79 Å². The molecule has 25 heavy (non-hydrogen) atoms. The van der Waals surface area contributed by atoms with E-state index in [1.807, 2.05) is 14.0 Å². The first-order valence-electron chi connectivity index (χ1n) is 9.52. The van der Waals surface area contributed by atoms with Crippen molar-refractivity contribution in [1.82, 2.24) is 25.4 Å². The van der Waals surface area contributed by atoms with Crippen molar-refractivity contribution in [3.63, 3.8) is 0 Å². The van der Waals surface area contributed by atoms with Crippen LogP contribution in [0.15, 0.2) is 0 Å². The van der Waals surface area contributed by atoms with E-state index in [4.69, 9.17) is 4.74 Å². The van der Waals surface area contributed by atoms with Gasteiger partial charge in [-0.2, -0.15) is 5.10 Å². The zero-order chi connectivity index (χ0) is 17.8. The molecule has 1 aromatic rings. The summed E-state index contributed by atoms with van der Waals surface area (Å²) in [4.78, 5) is 18.6. The number of aromatic amines is 1. The first-order chi connectivity index (χ1) is 12.0. The molecular weight excluding hydrogens is 318 g/mol. The summed E-state index contributed by atoms with van der Waals surface area (Å²) < 4.78 is 5.84. The second-order valence-electron chi connectivity index (χ2n) is 7.78. The highest BCUT2D eigenvalue weighted by Gasteiger charge is 2.34. The lowest BCUT2D eigenvalue weighted by Gasteiger charge is -2.28. The third-order valence-electron chi connectivity index (χ3n) is 5.63. The van der Waals surface area contributed by atoms with Crippen molar-refractivity contribution in [3.05, 3.63) is 11.6 Å². The Morgan fingerprint density at radius 1 is 1.32 bits per heavy atom. The number of hydrogen-bond acceptors (Lipinski definition) is 4. The summed E-state index contributed by atoms with van der Waals surface area (Å²) in [5.74, 6) is 3.23. The first kappa shape index (κ1) is 18.2. The summed E-state index contributed by atoms with van der Waals surface area (Å²) in [6.07, 6.45) is 5.87. The molecule has 1 aliphatic carbocycles. The summed E-state index contributed by atoms with van der Waals surface area (Å²) in [6.45, 7) is 6.25. The molecule has 2 aliphatic rings. The van der Waals surface area contributed by atoms with Crippen LogP contribution in [-0.2, 0) is 4.74 Å². The number of carbonyl (C=O) groups excluding carboxylic acids is 1. The number of aromatic nitrogens is 3. The van der Waals surface area contributed by atoms with Gasteiger partial charge in [0.05, 0.1) is 12.0 Å². The van der Waals surface area contributed by atoms with Gasteiger partial charge in [0.25, 0.3) is 0 Å². The number of nitrogens with zero attached hydrogens (tertiary/aromatic N) is 3. The highest BCUT2D eigenvalue weighted by atomic mass is 16.5. The van der Waals surface area contributed by atoms with Gasteiger partial charge >= 0.3 is 6.03 Å². The number of aryl methyl sites for hydroxylation is 1. The molecule has 1 aliphatic heterocycles. The number of hydrogen-bond donors (Lipinski definition) is 2. The van der Waals surface area contributed by atoms with Gasteiger partial charge in [-0.05, 0) is 38.0 Å². The Labute approximate surface area is 149 Å². The van der Waals surface area contributed by atoms with Crippen molar-refractivity contribution in [2.24, 2.45) is 11.8 Å². The second-order valence-corrected chi connectivity index (χ2v) is 7.78. The number of amides is 2. The van der Waals surface area contributed by atoms with Gasteiger partial charge in [-0.15, -0.1) is 0 Å². The summed E-state index contributed by atoms with van der Waals surface area (Å²) in [5.41, 5.74) is 0. The fourth-order valence-electron chi connectivity index (χ4n) is 3.90. The highest BCUT2D eigenvalue weighted by molar-refractivity contribution is 5.73. The van der Waals surface area contributed by atoms with Crippen LogP contribution in [0.2, 0.25) is 0 Å². The topological polar surface area (TPSA) is 83.1 Å². The van der Waals surface area contributed by atoms with Crippen LogP contribution in [0, 0.1) is 18.8 Å². The summed E-state index contributed by atoms with van der Waals surface area (Å²) in [5, 5.41) is 10.3. The lowest BCUT2D eigenvalue weighted by atomic mass is 9.83. The molecule has 7 nitrogen and oxygen atoms in total. The quantitative estimate of drug-likeness (QED) is 0.855. The molecule has 0 radical (unpaired) electrons. The van der Waals surface area contributed by atoms with Crippen molar-refractivity contribution in [1.29, 1.82) is 0 Å². The van der Waals surface area contributed by atoms with Gasteiger partial charge < -0.3 is 15.0 Å². The summed E-state index contributed by atoms with van der Waals surface area (Å²) >= 11 is 0. The highest BCUT2D eigenvalue weighted by Crippen LogP contribution is 2.30. The minimum Gasteiger partial charge on any atom is -0.376 e. The van der Waals surface area contributed by atoms with Gasteiger partial charge in [0.15, 0.2) is 5.82 Å². The Morgan fingerprint density at radius 2 is 2.08 bits per heavy atom. The molecule has 3 rings (SSSR count). The average Bonchev–Trinajstić information content (AvgIpc) is 3.22. The smallest absolute Gasteiger partial charge is 0.317 e. The largest absolute Gasteiger partial charge is 0.376 e. The van der Waals surface area contributed by atoms with Crippen molar-refractivity contribution in [2.45, 2.75) is 58.0 Å². The standard InChI is InChI=1S/C18H31N5O2/c1-12-4-6-14(7-5-12)10-19-18(24)23(3)11-16-15(8-9-25-16)17-20-13(2)21-22-17/h12,14-16H,4-11H2,1-3H3,(H,19,24)(H,20,21,22)/t12?,14?,15-,16-/m0/s1. The Hall–Kier alpha value is -1.63. The van der Waals surface area contributed by atoms with Crippen LogP contribution >= 0.6 is 0 Å². The van der Waals surface area contributed by atoms with E-state index in [2.05, 4.69) is 27.4 Å². The SMILES string of the molecule is Cc1nc([C@H]2CCO[C@H]2CN(C)C(=O)NCC2CCC(C)CC2)n[nH]1. The maximum absolute atomic E-state index is 12.4. The fourth-order valence-corrected chi connectivity index (χ4v) is 3.90. The molecule has 7 heteroatoms. The molecule has 0 bridgehead atoms. The Bertz CT molecular complexity index is 568. The molecule has 1 saturated carbocycles. The van der Waals surface area contributed by atoms with Gasteiger partial charge in [0.1, 0.15) is 5.82 Å². The number of ether oxygens (including phenoxy) is 1. The van der Waals surface area contributed by atoms with E-state index in [0.717, 1.165) is 30.5 Å². The van der Waals surface area contributed by atoms with E-state index in [0.29, 0.717) is 19.1 Å². The van der Waals surface area contributed by atoms with E-state index in [1.165, 1.54) is 25.7 Å². The lowest BCUT2D eigenvalue weighted by Crippen LogP contribution is -2.44. The summed E-state index contributed by atoms with van der Waals surface area (Å²) in [6, 6.07) is -0.0148. The Balaban J connectivity index is 1.46. The number of rotatable bonds is 5. The van der Waals surface area contributed by atoms with Gasteiger partial charge in [-0.1, -0.05) is 19.8 Å². The predicted molar refractivity (Wildman–Crippen MR) is 95.4 cm³/mol. The summed E-state index contributed by atoms with van der Waals surface area (Å²) in [7, 11) is 1.83. The molecule has 2 heterocycles. The molecule has 0 spiro atoms. The third-order valence-corrected chi connectivity index (χ3v) is 5.63. The van der Waals surface area contributed by atoms with Crippen molar-refractivity contribution in [3.8, 4) is 0 Å². The Morgan fingerprint density at radius 3 is 2.76 bits per heavy atom. The third kappa shape index (κ3) is 4.71. The molecule has 2 N–H and O–H groups in total. The van der Waals surface area contributed by atoms with E-state index >= 15 is 0 Å². The van der Waals surface area contributed by atoms with Crippen LogP contribution in [0.25, 0.3) is 0 Å². The molecule has 2 fully saturated rings. The van der Waals surface area contributed by atoms with Crippen molar-refractivity contribution >= 4 is 6.03 Å². The van der Waals surface area contributed by atoms with Gasteiger partial charge in [-0.25, -0.2) is 9.78 Å². The number of H-pyrrole nitrogens is 1. The lowest BCUT2D eigenvalue weighted by molar-refractivity contribution is 0.0792. The molecule has 140 valence electrons. The monoisotopic (exact) mass is 349 g/mol. The van der Waals surface area contributed by atoms with Gasteiger partial charge in [-0.3, -0.25) is 5.10 Å². The van der Waals surface area contributed by atoms with E-state index < -0.39 is 0 Å². The minimum atomic E-state index is -0.0403. The normalized spacial score (nSPS) is 29.6.